The largest absolute Gasteiger partial charge is 0.480 e. The number of aliphatic carboxylic acids is 1. The van der Waals surface area contributed by atoms with Crippen LogP contribution in [0.2, 0.25) is 0 Å². The molecular weight excluding hydrogens is 444 g/mol. The van der Waals surface area contributed by atoms with Crippen LogP contribution in [0.25, 0.3) is 0 Å². The Morgan fingerprint density at radius 1 is 1.09 bits per heavy atom. The van der Waals surface area contributed by atoms with Crippen molar-refractivity contribution in [2.24, 2.45) is 5.92 Å². The molecular formula is C23H34N4O5S. The lowest BCUT2D eigenvalue weighted by Gasteiger charge is -2.28. The lowest BCUT2D eigenvalue weighted by atomic mass is 9.96. The van der Waals surface area contributed by atoms with E-state index in [0.717, 1.165) is 18.5 Å². The lowest BCUT2D eigenvalue weighted by molar-refractivity contribution is -0.142. The van der Waals surface area contributed by atoms with Crippen LogP contribution in [0.1, 0.15) is 38.7 Å². The van der Waals surface area contributed by atoms with Gasteiger partial charge in [0, 0.05) is 12.2 Å². The van der Waals surface area contributed by atoms with Crippen LogP contribution in [0, 0.1) is 5.92 Å². The number of carbonyl (C=O) groups is 4. The van der Waals surface area contributed by atoms with Crippen molar-refractivity contribution in [1.82, 2.24) is 21.3 Å². The van der Waals surface area contributed by atoms with Gasteiger partial charge in [-0.3, -0.25) is 14.4 Å². The van der Waals surface area contributed by atoms with E-state index in [2.05, 4.69) is 33.9 Å². The normalized spacial score (nSPS) is 19.1. The first-order valence-electron chi connectivity index (χ1n) is 11.3. The van der Waals surface area contributed by atoms with Crippen molar-refractivity contribution in [1.29, 1.82) is 0 Å². The van der Waals surface area contributed by atoms with Gasteiger partial charge in [-0.25, -0.2) is 4.79 Å². The first-order valence-corrected chi connectivity index (χ1v) is 11.9. The monoisotopic (exact) mass is 478 g/mol. The summed E-state index contributed by atoms with van der Waals surface area (Å²) in [6.45, 7) is 4.42. The number of hydrogen-bond acceptors (Lipinski definition) is 6. The number of nitrogens with one attached hydrogen (secondary N) is 4. The highest BCUT2D eigenvalue weighted by Crippen LogP contribution is 2.12. The molecule has 5 N–H and O–H groups in total. The van der Waals surface area contributed by atoms with Crippen LogP contribution in [0.5, 0.6) is 0 Å². The van der Waals surface area contributed by atoms with E-state index in [9.17, 15) is 24.3 Å². The molecule has 0 aromatic heterocycles. The zero-order chi connectivity index (χ0) is 24.4. The van der Waals surface area contributed by atoms with Gasteiger partial charge in [0.25, 0.3) is 0 Å². The Hall–Kier alpha value is -2.59. The maximum Gasteiger partial charge on any atom is 0.327 e. The van der Waals surface area contributed by atoms with Crippen LogP contribution in [-0.2, 0) is 25.6 Å². The Bertz CT molecular complexity index is 816. The minimum absolute atomic E-state index is 0.0800. The van der Waals surface area contributed by atoms with Gasteiger partial charge in [0.1, 0.15) is 18.1 Å². The molecule has 1 fully saturated rings. The van der Waals surface area contributed by atoms with Crippen molar-refractivity contribution in [2.75, 3.05) is 12.3 Å². The Labute approximate surface area is 199 Å². The van der Waals surface area contributed by atoms with Gasteiger partial charge in [0.05, 0.1) is 6.04 Å². The summed E-state index contributed by atoms with van der Waals surface area (Å²) in [5.74, 6) is -2.89. The zero-order valence-corrected chi connectivity index (χ0v) is 19.9. The standard InChI is InChI=1S/C23H34N4O5S/c1-3-14(2)19(22(30)26-18(13-33)23(31)32)27-21(29)17(12-15-8-5-4-6-9-15)25-20(28)16-10-7-11-24-16/h4-6,8-9,14,16-19,24,33H,3,7,10-13H2,1-2H3,(H,25,28)(H,26,30)(H,27,29)(H,31,32). The molecule has 182 valence electrons. The Balaban J connectivity index is 2.18. The van der Waals surface area contributed by atoms with Crippen LogP contribution in [0.15, 0.2) is 30.3 Å². The summed E-state index contributed by atoms with van der Waals surface area (Å²) in [5, 5.41) is 20.4. The summed E-state index contributed by atoms with van der Waals surface area (Å²) in [6, 6.07) is 5.93. The number of hydrogen-bond donors (Lipinski definition) is 6. The van der Waals surface area contributed by atoms with Gasteiger partial charge in [-0.1, -0.05) is 50.6 Å². The second kappa shape index (κ2) is 13.2. The van der Waals surface area contributed by atoms with Crippen LogP contribution in [-0.4, -0.2) is 65.3 Å². The molecule has 1 heterocycles. The summed E-state index contributed by atoms with van der Waals surface area (Å²) in [5.41, 5.74) is 0.864. The smallest absolute Gasteiger partial charge is 0.327 e. The molecule has 5 unspecified atom stereocenters. The van der Waals surface area contributed by atoms with Crippen molar-refractivity contribution in [3.63, 3.8) is 0 Å². The Morgan fingerprint density at radius 3 is 2.33 bits per heavy atom. The SMILES string of the molecule is CCC(C)C(NC(=O)C(Cc1ccccc1)NC(=O)C1CCCN1)C(=O)NC(CS)C(=O)O. The van der Waals surface area contributed by atoms with Crippen LogP contribution in [0.4, 0.5) is 0 Å². The highest BCUT2D eigenvalue weighted by atomic mass is 32.1. The summed E-state index contributed by atoms with van der Waals surface area (Å²) >= 11 is 3.97. The van der Waals surface area contributed by atoms with E-state index in [1.807, 2.05) is 37.3 Å². The molecule has 5 atom stereocenters. The molecule has 1 aliphatic rings. The molecule has 0 spiro atoms. The predicted octanol–water partition coefficient (Wildman–Crippen LogP) is 0.496. The third-order valence-electron chi connectivity index (χ3n) is 5.88. The number of carboxylic acid groups (broad SMARTS) is 1. The van der Waals surface area contributed by atoms with E-state index in [-0.39, 0.29) is 30.0 Å². The van der Waals surface area contributed by atoms with Crippen LogP contribution < -0.4 is 21.3 Å². The molecule has 0 radical (unpaired) electrons. The summed E-state index contributed by atoms with van der Waals surface area (Å²) < 4.78 is 0. The van der Waals surface area contributed by atoms with Gasteiger partial charge in [-0.05, 0) is 30.9 Å². The lowest BCUT2D eigenvalue weighted by Crippen LogP contribution is -2.59. The molecule has 1 aliphatic heterocycles. The van der Waals surface area contributed by atoms with E-state index >= 15 is 0 Å². The quantitative estimate of drug-likeness (QED) is 0.242. The predicted molar refractivity (Wildman–Crippen MR) is 128 cm³/mol. The number of rotatable bonds is 12. The maximum absolute atomic E-state index is 13.3. The molecule has 10 heteroatoms. The molecule has 0 saturated carbocycles. The fourth-order valence-electron chi connectivity index (χ4n) is 3.64. The van der Waals surface area contributed by atoms with Crippen LogP contribution in [0.3, 0.4) is 0 Å². The van der Waals surface area contributed by atoms with E-state index in [4.69, 9.17) is 0 Å². The molecule has 3 amide bonds. The Morgan fingerprint density at radius 2 is 1.79 bits per heavy atom. The highest BCUT2D eigenvalue weighted by molar-refractivity contribution is 7.80. The molecule has 1 aromatic rings. The molecule has 1 saturated heterocycles. The van der Waals surface area contributed by atoms with E-state index in [1.165, 1.54) is 0 Å². The topological polar surface area (TPSA) is 137 Å². The fourth-order valence-corrected chi connectivity index (χ4v) is 3.89. The molecule has 1 aromatic carbocycles. The minimum Gasteiger partial charge on any atom is -0.480 e. The van der Waals surface area contributed by atoms with Crippen LogP contribution >= 0.6 is 12.6 Å². The fraction of sp³-hybridized carbons (Fsp3) is 0.565. The summed E-state index contributed by atoms with van der Waals surface area (Å²) in [4.78, 5) is 50.1. The molecule has 0 aliphatic carbocycles. The first kappa shape index (κ1) is 26.7. The summed E-state index contributed by atoms with van der Waals surface area (Å²) in [6.07, 6.45) is 2.43. The second-order valence-corrected chi connectivity index (χ2v) is 8.72. The van der Waals surface area contributed by atoms with Gasteiger partial charge in [-0.2, -0.15) is 12.6 Å². The zero-order valence-electron chi connectivity index (χ0n) is 19.0. The van der Waals surface area contributed by atoms with Crippen molar-refractivity contribution in [3.05, 3.63) is 35.9 Å². The van der Waals surface area contributed by atoms with Gasteiger partial charge in [-0.15, -0.1) is 0 Å². The maximum atomic E-state index is 13.3. The number of amides is 3. The number of carbonyl (C=O) groups excluding carboxylic acids is 3. The third kappa shape index (κ3) is 8.04. The molecule has 2 rings (SSSR count). The third-order valence-corrected chi connectivity index (χ3v) is 6.25. The van der Waals surface area contributed by atoms with E-state index in [1.54, 1.807) is 6.92 Å². The highest BCUT2D eigenvalue weighted by Gasteiger charge is 2.33. The first-order chi connectivity index (χ1) is 15.8. The molecule has 33 heavy (non-hydrogen) atoms. The number of thiol groups is 1. The minimum atomic E-state index is -1.20. The van der Waals surface area contributed by atoms with Crippen molar-refractivity contribution < 1.29 is 24.3 Å². The number of carboxylic acids is 1. The molecule has 0 bridgehead atoms. The van der Waals surface area contributed by atoms with Gasteiger partial charge >= 0.3 is 5.97 Å². The average Bonchev–Trinajstić information content (AvgIpc) is 3.35. The van der Waals surface area contributed by atoms with E-state index < -0.39 is 35.9 Å². The summed E-state index contributed by atoms with van der Waals surface area (Å²) in [7, 11) is 0. The van der Waals surface area contributed by atoms with Gasteiger partial charge in [0.2, 0.25) is 17.7 Å². The van der Waals surface area contributed by atoms with E-state index in [0.29, 0.717) is 12.8 Å². The second-order valence-electron chi connectivity index (χ2n) is 8.35. The van der Waals surface area contributed by atoms with Crippen molar-refractivity contribution in [2.45, 2.75) is 63.7 Å². The Kier molecular flexibility index (Phi) is 10.7. The average molecular weight is 479 g/mol. The van der Waals surface area contributed by atoms with Crippen molar-refractivity contribution >= 4 is 36.3 Å². The van der Waals surface area contributed by atoms with Gasteiger partial charge in [0.15, 0.2) is 0 Å². The van der Waals surface area contributed by atoms with Gasteiger partial charge < -0.3 is 26.4 Å². The molecule has 9 nitrogen and oxygen atoms in total. The van der Waals surface area contributed by atoms with Crippen molar-refractivity contribution in [3.8, 4) is 0 Å². The number of benzene rings is 1.